The highest BCUT2D eigenvalue weighted by Gasteiger charge is 2.10. The van der Waals surface area contributed by atoms with Gasteiger partial charge in [-0.05, 0) is 36.8 Å². The molecule has 0 saturated carbocycles. The molecule has 0 aromatic heterocycles. The van der Waals surface area contributed by atoms with Crippen molar-refractivity contribution in [2.45, 2.75) is 6.92 Å². The summed E-state index contributed by atoms with van der Waals surface area (Å²) < 4.78 is 15.6. The summed E-state index contributed by atoms with van der Waals surface area (Å²) in [5, 5.41) is 1.74. The van der Waals surface area contributed by atoms with Crippen LogP contribution in [0.1, 0.15) is 5.56 Å². The van der Waals surface area contributed by atoms with E-state index in [9.17, 15) is 4.79 Å². The third-order valence-corrected chi connectivity index (χ3v) is 3.70. The zero-order chi connectivity index (χ0) is 17.6. The minimum absolute atomic E-state index is 0.187. The number of hydrogen-bond acceptors (Lipinski definition) is 6. The van der Waals surface area contributed by atoms with Gasteiger partial charge in [-0.25, -0.2) is 9.08 Å². The second-order valence-electron chi connectivity index (χ2n) is 5.43. The second-order valence-corrected chi connectivity index (χ2v) is 5.61. The van der Waals surface area contributed by atoms with Gasteiger partial charge in [0.1, 0.15) is 11.5 Å². The molecule has 25 heavy (non-hydrogen) atoms. The lowest BCUT2D eigenvalue weighted by molar-refractivity contribution is -0.136. The van der Waals surface area contributed by atoms with Gasteiger partial charge in [0, 0.05) is 23.7 Å². The molecule has 0 unspecified atom stereocenters. The standard InChI is InChI=1S/C19H17NO4S/c1-13-5-2-6-14(11-13)23-19(21)12-22-18-10-4-7-15-16(18)8-3-9-17(15)20-24-25/h2-11,20,25H,12H2,1H3. The van der Waals surface area contributed by atoms with E-state index < -0.39 is 5.97 Å². The summed E-state index contributed by atoms with van der Waals surface area (Å²) in [6.45, 7) is 1.75. The van der Waals surface area contributed by atoms with Gasteiger partial charge in [-0.15, -0.1) is 0 Å². The molecular formula is C19H17NO4S. The van der Waals surface area contributed by atoms with E-state index in [1.807, 2.05) is 49.4 Å². The van der Waals surface area contributed by atoms with Crippen molar-refractivity contribution in [2.75, 3.05) is 12.1 Å². The highest BCUT2D eigenvalue weighted by atomic mass is 32.1. The Morgan fingerprint density at radius 2 is 1.80 bits per heavy atom. The number of ether oxygens (including phenoxy) is 2. The third kappa shape index (κ3) is 4.23. The van der Waals surface area contributed by atoms with Crippen molar-refractivity contribution in [3.63, 3.8) is 0 Å². The Kier molecular flexibility index (Phi) is 5.42. The van der Waals surface area contributed by atoms with Gasteiger partial charge in [0.15, 0.2) is 6.61 Å². The SMILES string of the molecule is Cc1cccc(OC(=O)COc2cccc3c(NOS)cccc23)c1. The van der Waals surface area contributed by atoms with Crippen molar-refractivity contribution in [1.29, 1.82) is 0 Å². The number of benzene rings is 3. The highest BCUT2D eigenvalue weighted by molar-refractivity contribution is 7.75. The lowest BCUT2D eigenvalue weighted by Crippen LogP contribution is -2.17. The van der Waals surface area contributed by atoms with Gasteiger partial charge >= 0.3 is 5.97 Å². The second kappa shape index (κ2) is 7.92. The molecule has 0 spiro atoms. The first-order chi connectivity index (χ1) is 12.2. The van der Waals surface area contributed by atoms with Crippen LogP contribution >= 0.6 is 12.9 Å². The van der Waals surface area contributed by atoms with Crippen molar-refractivity contribution in [2.24, 2.45) is 0 Å². The predicted octanol–water partition coefficient (Wildman–Crippen LogP) is 4.32. The average Bonchev–Trinajstić information content (AvgIpc) is 2.60. The van der Waals surface area contributed by atoms with E-state index >= 15 is 0 Å². The zero-order valence-corrected chi connectivity index (χ0v) is 14.5. The molecule has 0 amide bonds. The number of fused-ring (bicyclic) bond motifs is 1. The van der Waals surface area contributed by atoms with Crippen molar-refractivity contribution in [3.8, 4) is 11.5 Å². The monoisotopic (exact) mass is 355 g/mol. The molecule has 128 valence electrons. The maximum absolute atomic E-state index is 12.0. The van der Waals surface area contributed by atoms with E-state index in [4.69, 9.17) is 9.47 Å². The molecule has 3 aromatic carbocycles. The predicted molar refractivity (Wildman–Crippen MR) is 100.0 cm³/mol. The Hall–Kier alpha value is -2.70. The molecule has 0 saturated heterocycles. The van der Waals surface area contributed by atoms with Crippen LogP contribution in [-0.2, 0) is 9.08 Å². The number of carbonyl (C=O) groups excluding carboxylic acids is 1. The van der Waals surface area contributed by atoms with Crippen LogP contribution < -0.4 is 15.0 Å². The molecule has 0 radical (unpaired) electrons. The number of rotatable bonds is 6. The fraction of sp³-hybridized carbons (Fsp3) is 0.105. The summed E-state index contributed by atoms with van der Waals surface area (Å²) >= 11 is 3.70. The van der Waals surface area contributed by atoms with Crippen LogP contribution in [0.5, 0.6) is 11.5 Å². The summed E-state index contributed by atoms with van der Waals surface area (Å²) in [6, 6.07) is 18.5. The van der Waals surface area contributed by atoms with E-state index in [0.717, 1.165) is 22.0 Å². The lowest BCUT2D eigenvalue weighted by atomic mass is 10.1. The van der Waals surface area contributed by atoms with Crippen LogP contribution in [0.25, 0.3) is 10.8 Å². The smallest absolute Gasteiger partial charge is 0.349 e. The molecule has 0 bridgehead atoms. The van der Waals surface area contributed by atoms with Crippen LogP contribution in [0.2, 0.25) is 0 Å². The Morgan fingerprint density at radius 1 is 1.04 bits per heavy atom. The molecule has 1 N–H and O–H groups in total. The molecule has 0 atom stereocenters. The van der Waals surface area contributed by atoms with Crippen LogP contribution in [0.3, 0.4) is 0 Å². The zero-order valence-electron chi connectivity index (χ0n) is 13.6. The minimum atomic E-state index is -0.462. The molecule has 6 heteroatoms. The van der Waals surface area contributed by atoms with E-state index in [1.165, 1.54) is 0 Å². The van der Waals surface area contributed by atoms with Crippen molar-refractivity contribution in [3.05, 3.63) is 66.2 Å². The molecule has 0 aliphatic rings. The molecular weight excluding hydrogens is 338 g/mol. The first-order valence-electron chi connectivity index (χ1n) is 7.65. The number of carbonyl (C=O) groups is 1. The summed E-state index contributed by atoms with van der Waals surface area (Å²) in [4.78, 5) is 12.0. The summed E-state index contributed by atoms with van der Waals surface area (Å²) in [7, 11) is 0. The van der Waals surface area contributed by atoms with Gasteiger partial charge in [-0.3, -0.25) is 5.48 Å². The number of nitrogens with one attached hydrogen (secondary N) is 1. The molecule has 3 rings (SSSR count). The van der Waals surface area contributed by atoms with Gasteiger partial charge in [-0.1, -0.05) is 36.4 Å². The number of hydrogen-bond donors (Lipinski definition) is 2. The quantitative estimate of drug-likeness (QED) is 0.227. The first-order valence-corrected chi connectivity index (χ1v) is 8.02. The fourth-order valence-corrected chi connectivity index (χ4v) is 2.62. The molecule has 0 fully saturated rings. The molecule has 5 nitrogen and oxygen atoms in total. The lowest BCUT2D eigenvalue weighted by Gasteiger charge is -2.12. The maximum Gasteiger partial charge on any atom is 0.349 e. The largest absolute Gasteiger partial charge is 0.481 e. The molecule has 0 aliphatic heterocycles. The molecule has 3 aromatic rings. The number of anilines is 1. The van der Waals surface area contributed by atoms with Gasteiger partial charge in [0.2, 0.25) is 0 Å². The number of thiol groups is 1. The van der Waals surface area contributed by atoms with Crippen LogP contribution in [-0.4, -0.2) is 12.6 Å². The van der Waals surface area contributed by atoms with E-state index in [1.54, 1.807) is 18.2 Å². The Balaban J connectivity index is 1.72. The summed E-state index contributed by atoms with van der Waals surface area (Å²) in [5.41, 5.74) is 4.47. The third-order valence-electron chi connectivity index (χ3n) is 3.60. The average molecular weight is 355 g/mol. The Morgan fingerprint density at radius 3 is 2.60 bits per heavy atom. The summed E-state index contributed by atoms with van der Waals surface area (Å²) in [5.74, 6) is 0.626. The van der Waals surface area contributed by atoms with E-state index in [2.05, 4.69) is 22.7 Å². The fourth-order valence-electron chi connectivity index (χ4n) is 2.52. The molecule has 0 aliphatic carbocycles. The van der Waals surface area contributed by atoms with E-state index in [0.29, 0.717) is 11.5 Å². The normalized spacial score (nSPS) is 10.5. The van der Waals surface area contributed by atoms with Crippen molar-refractivity contribution in [1.82, 2.24) is 0 Å². The number of esters is 1. The topological polar surface area (TPSA) is 56.8 Å². The van der Waals surface area contributed by atoms with Crippen LogP contribution in [0.4, 0.5) is 5.69 Å². The van der Waals surface area contributed by atoms with Crippen LogP contribution in [0, 0.1) is 6.92 Å². The van der Waals surface area contributed by atoms with Gasteiger partial charge in [0.25, 0.3) is 0 Å². The van der Waals surface area contributed by atoms with Crippen LogP contribution in [0.15, 0.2) is 60.7 Å². The van der Waals surface area contributed by atoms with Gasteiger partial charge in [-0.2, -0.15) is 0 Å². The van der Waals surface area contributed by atoms with Gasteiger partial charge in [0.05, 0.1) is 5.69 Å². The number of aryl methyl sites for hydroxylation is 1. The van der Waals surface area contributed by atoms with Crippen molar-refractivity contribution >= 4 is 35.3 Å². The maximum atomic E-state index is 12.0. The first kappa shape index (κ1) is 17.1. The summed E-state index contributed by atoms with van der Waals surface area (Å²) in [6.07, 6.45) is 0. The minimum Gasteiger partial charge on any atom is -0.481 e. The Bertz CT molecular complexity index is 897. The highest BCUT2D eigenvalue weighted by Crippen LogP contribution is 2.31. The molecule has 0 heterocycles. The van der Waals surface area contributed by atoms with Gasteiger partial charge < -0.3 is 9.47 Å². The Labute approximate surface area is 151 Å². The van der Waals surface area contributed by atoms with E-state index in [-0.39, 0.29) is 6.61 Å². The van der Waals surface area contributed by atoms with Crippen molar-refractivity contribution < 1.29 is 18.6 Å².